The van der Waals surface area contributed by atoms with Gasteiger partial charge in [0.2, 0.25) is 0 Å². The molecule has 0 heterocycles. The van der Waals surface area contributed by atoms with Gasteiger partial charge in [-0.1, -0.05) is 18.6 Å². The summed E-state index contributed by atoms with van der Waals surface area (Å²) in [6.45, 7) is 0.512. The van der Waals surface area contributed by atoms with E-state index in [4.69, 9.17) is 5.73 Å². The van der Waals surface area contributed by atoms with Crippen molar-refractivity contribution >= 4 is 0 Å². The topological polar surface area (TPSA) is 26.0 Å². The van der Waals surface area contributed by atoms with Gasteiger partial charge in [0.05, 0.1) is 5.56 Å². The van der Waals surface area contributed by atoms with Crippen LogP contribution in [0.5, 0.6) is 0 Å². The highest BCUT2D eigenvalue weighted by Crippen LogP contribution is 2.43. The molecule has 1 aliphatic rings. The number of alkyl halides is 3. The largest absolute Gasteiger partial charge is 0.416 e. The van der Waals surface area contributed by atoms with E-state index in [-0.39, 0.29) is 5.41 Å². The number of hydrogen-bond acceptors (Lipinski definition) is 1. The molecule has 0 amide bonds. The fourth-order valence-corrected chi connectivity index (χ4v) is 2.23. The number of benzene rings is 1. The molecule has 0 unspecified atom stereocenters. The fraction of sp³-hybridized carbons (Fsp3) is 0.500. The molecule has 1 aromatic carbocycles. The SMILES string of the molecule is NCC1(c2ccc(C(F)(F)F)cc2)CCC1. The van der Waals surface area contributed by atoms with Crippen molar-refractivity contribution in [3.63, 3.8) is 0 Å². The summed E-state index contributed by atoms with van der Waals surface area (Å²) in [6, 6.07) is 5.42. The van der Waals surface area contributed by atoms with Crippen LogP contribution in [0, 0.1) is 0 Å². The summed E-state index contributed by atoms with van der Waals surface area (Å²) in [4.78, 5) is 0. The molecule has 88 valence electrons. The molecular weight excluding hydrogens is 215 g/mol. The van der Waals surface area contributed by atoms with Gasteiger partial charge in [-0.15, -0.1) is 0 Å². The minimum absolute atomic E-state index is 0.0653. The second-order valence-electron chi connectivity index (χ2n) is 4.41. The number of halogens is 3. The van der Waals surface area contributed by atoms with E-state index in [1.54, 1.807) is 12.1 Å². The Labute approximate surface area is 92.5 Å². The molecule has 16 heavy (non-hydrogen) atoms. The molecule has 0 aliphatic heterocycles. The highest BCUT2D eigenvalue weighted by Gasteiger charge is 2.38. The molecule has 0 atom stereocenters. The molecule has 1 saturated carbocycles. The molecule has 2 N–H and O–H groups in total. The quantitative estimate of drug-likeness (QED) is 0.828. The van der Waals surface area contributed by atoms with Gasteiger partial charge in [-0.2, -0.15) is 13.2 Å². The summed E-state index contributed by atoms with van der Waals surface area (Å²) in [5.74, 6) is 0. The lowest BCUT2D eigenvalue weighted by molar-refractivity contribution is -0.137. The maximum Gasteiger partial charge on any atom is 0.416 e. The van der Waals surface area contributed by atoms with Gasteiger partial charge in [-0.3, -0.25) is 0 Å². The van der Waals surface area contributed by atoms with Crippen LogP contribution in [0.3, 0.4) is 0 Å². The third kappa shape index (κ3) is 1.82. The monoisotopic (exact) mass is 229 g/mol. The predicted octanol–water partition coefficient (Wildman–Crippen LogP) is 3.09. The molecule has 1 aromatic rings. The summed E-state index contributed by atoms with van der Waals surface area (Å²) in [5.41, 5.74) is 5.98. The molecule has 1 nitrogen and oxygen atoms in total. The molecule has 0 aromatic heterocycles. The predicted molar refractivity (Wildman–Crippen MR) is 56.0 cm³/mol. The number of hydrogen-bond donors (Lipinski definition) is 1. The third-order valence-corrected chi connectivity index (χ3v) is 3.53. The van der Waals surface area contributed by atoms with E-state index < -0.39 is 11.7 Å². The van der Waals surface area contributed by atoms with E-state index >= 15 is 0 Å². The zero-order valence-electron chi connectivity index (χ0n) is 8.85. The molecule has 0 spiro atoms. The first-order valence-electron chi connectivity index (χ1n) is 5.36. The lowest BCUT2D eigenvalue weighted by atomic mass is 9.64. The van der Waals surface area contributed by atoms with Gasteiger partial charge < -0.3 is 5.73 Å². The average Bonchev–Trinajstić information content (AvgIpc) is 2.16. The normalized spacial score (nSPS) is 19.2. The zero-order valence-corrected chi connectivity index (χ0v) is 8.85. The van der Waals surface area contributed by atoms with Crippen LogP contribution in [0.4, 0.5) is 13.2 Å². The maximum absolute atomic E-state index is 12.4. The van der Waals surface area contributed by atoms with Crippen LogP contribution in [0.25, 0.3) is 0 Å². The number of nitrogens with two attached hydrogens (primary N) is 1. The van der Waals surface area contributed by atoms with Crippen molar-refractivity contribution in [2.45, 2.75) is 30.9 Å². The van der Waals surface area contributed by atoms with Crippen molar-refractivity contribution in [3.05, 3.63) is 35.4 Å². The van der Waals surface area contributed by atoms with Crippen molar-refractivity contribution in [1.82, 2.24) is 0 Å². The van der Waals surface area contributed by atoms with Crippen LogP contribution in [-0.4, -0.2) is 6.54 Å². The van der Waals surface area contributed by atoms with Crippen molar-refractivity contribution < 1.29 is 13.2 Å². The molecule has 0 bridgehead atoms. The van der Waals surface area contributed by atoms with E-state index in [1.807, 2.05) is 0 Å². The summed E-state index contributed by atoms with van der Waals surface area (Å²) in [5, 5.41) is 0. The van der Waals surface area contributed by atoms with Gasteiger partial charge in [-0.25, -0.2) is 0 Å². The first kappa shape index (κ1) is 11.5. The third-order valence-electron chi connectivity index (χ3n) is 3.53. The Morgan fingerprint density at radius 2 is 1.69 bits per heavy atom. The van der Waals surface area contributed by atoms with Gasteiger partial charge in [-0.05, 0) is 30.5 Å². The summed E-state index contributed by atoms with van der Waals surface area (Å²) in [6.07, 6.45) is -1.18. The summed E-state index contributed by atoms with van der Waals surface area (Å²) in [7, 11) is 0. The molecule has 0 radical (unpaired) electrons. The molecule has 1 fully saturated rings. The van der Waals surface area contributed by atoms with E-state index in [9.17, 15) is 13.2 Å². The van der Waals surface area contributed by atoms with E-state index in [0.717, 1.165) is 37.0 Å². The van der Waals surface area contributed by atoms with Crippen molar-refractivity contribution in [2.24, 2.45) is 5.73 Å². The van der Waals surface area contributed by atoms with Crippen molar-refractivity contribution in [1.29, 1.82) is 0 Å². The Morgan fingerprint density at radius 1 is 1.12 bits per heavy atom. The van der Waals surface area contributed by atoms with Crippen LogP contribution in [0.2, 0.25) is 0 Å². The first-order chi connectivity index (χ1) is 7.48. The highest BCUT2D eigenvalue weighted by atomic mass is 19.4. The van der Waals surface area contributed by atoms with Gasteiger partial charge in [0.1, 0.15) is 0 Å². The van der Waals surface area contributed by atoms with Crippen LogP contribution in [-0.2, 0) is 11.6 Å². The molecule has 0 saturated heterocycles. The van der Waals surface area contributed by atoms with Crippen LogP contribution in [0.15, 0.2) is 24.3 Å². The van der Waals surface area contributed by atoms with E-state index in [2.05, 4.69) is 0 Å². The van der Waals surface area contributed by atoms with E-state index in [0.29, 0.717) is 6.54 Å². The summed E-state index contributed by atoms with van der Waals surface area (Å²) < 4.78 is 37.1. The molecule has 1 aliphatic carbocycles. The Bertz CT molecular complexity index is 357. The average molecular weight is 229 g/mol. The van der Waals surface area contributed by atoms with Gasteiger partial charge in [0.15, 0.2) is 0 Å². The van der Waals surface area contributed by atoms with Gasteiger partial charge >= 0.3 is 6.18 Å². The van der Waals surface area contributed by atoms with Gasteiger partial charge in [0.25, 0.3) is 0 Å². The van der Waals surface area contributed by atoms with Crippen LogP contribution < -0.4 is 5.73 Å². The molecular formula is C12H14F3N. The zero-order chi connectivity index (χ0) is 11.8. The second-order valence-corrected chi connectivity index (χ2v) is 4.41. The standard InChI is InChI=1S/C12H14F3N/c13-12(14,15)10-4-2-9(3-5-10)11(8-16)6-1-7-11/h2-5H,1,6-8,16H2. The van der Waals surface area contributed by atoms with Gasteiger partial charge in [0, 0.05) is 12.0 Å². The maximum atomic E-state index is 12.4. The smallest absolute Gasteiger partial charge is 0.330 e. The van der Waals surface area contributed by atoms with E-state index in [1.165, 1.54) is 0 Å². The highest BCUT2D eigenvalue weighted by molar-refractivity contribution is 5.32. The van der Waals surface area contributed by atoms with Crippen LogP contribution >= 0.6 is 0 Å². The van der Waals surface area contributed by atoms with Crippen molar-refractivity contribution in [2.75, 3.05) is 6.54 Å². The Hall–Kier alpha value is -1.03. The minimum atomic E-state index is -4.26. The van der Waals surface area contributed by atoms with Crippen molar-refractivity contribution in [3.8, 4) is 0 Å². The Balaban J connectivity index is 2.26. The Morgan fingerprint density at radius 3 is 2.00 bits per heavy atom. The lowest BCUT2D eigenvalue weighted by Gasteiger charge is -2.41. The summed E-state index contributed by atoms with van der Waals surface area (Å²) >= 11 is 0. The fourth-order valence-electron chi connectivity index (χ4n) is 2.23. The minimum Gasteiger partial charge on any atom is -0.330 e. The lowest BCUT2D eigenvalue weighted by Crippen LogP contribution is -2.41. The number of rotatable bonds is 2. The van der Waals surface area contributed by atoms with Crippen LogP contribution in [0.1, 0.15) is 30.4 Å². The first-order valence-corrected chi connectivity index (χ1v) is 5.36. The Kier molecular flexibility index (Phi) is 2.70. The second kappa shape index (κ2) is 3.77. The molecule has 2 rings (SSSR count). The molecule has 4 heteroatoms.